The molecule has 0 aromatic heterocycles. The van der Waals surface area contributed by atoms with Crippen LogP contribution in [0, 0.1) is 17.6 Å². The number of carbonyl (C=O) groups excluding carboxylic acids is 1. The van der Waals surface area contributed by atoms with Gasteiger partial charge in [-0.1, -0.05) is 13.0 Å². The number of rotatable bonds is 4. The van der Waals surface area contributed by atoms with Crippen LogP contribution in [0.2, 0.25) is 0 Å². The van der Waals surface area contributed by atoms with Crippen molar-refractivity contribution in [1.29, 1.82) is 0 Å². The van der Waals surface area contributed by atoms with E-state index in [1.807, 2.05) is 0 Å². The Morgan fingerprint density at radius 2 is 2.14 bits per heavy atom. The molecule has 6 heteroatoms. The van der Waals surface area contributed by atoms with E-state index in [-0.39, 0.29) is 24.8 Å². The van der Waals surface area contributed by atoms with Crippen molar-refractivity contribution in [3.05, 3.63) is 35.4 Å². The molecule has 2 atom stereocenters. The minimum Gasteiger partial charge on any atom is -0.481 e. The van der Waals surface area contributed by atoms with E-state index in [4.69, 9.17) is 5.11 Å². The maximum Gasteiger partial charge on any atom is 0.308 e. The van der Waals surface area contributed by atoms with Crippen molar-refractivity contribution in [3.8, 4) is 0 Å². The van der Waals surface area contributed by atoms with Gasteiger partial charge in [-0.15, -0.1) is 0 Å². The first-order valence-electron chi connectivity index (χ1n) is 6.84. The van der Waals surface area contributed by atoms with Crippen molar-refractivity contribution >= 4 is 11.9 Å². The van der Waals surface area contributed by atoms with E-state index in [0.29, 0.717) is 18.5 Å². The molecule has 2 rings (SSSR count). The number of carboxylic acid groups (broad SMARTS) is 1. The molecule has 0 spiro atoms. The fraction of sp³-hybridized carbons (Fsp3) is 0.467. The van der Waals surface area contributed by atoms with Gasteiger partial charge in [-0.25, -0.2) is 8.78 Å². The first-order valence-corrected chi connectivity index (χ1v) is 6.84. The van der Waals surface area contributed by atoms with E-state index < -0.39 is 23.5 Å². The summed E-state index contributed by atoms with van der Waals surface area (Å²) in [6.07, 6.45) is 0.523. The van der Waals surface area contributed by atoms with E-state index in [1.165, 1.54) is 11.0 Å². The Hall–Kier alpha value is -1.98. The van der Waals surface area contributed by atoms with Crippen LogP contribution in [0.3, 0.4) is 0 Å². The third kappa shape index (κ3) is 3.56. The number of amides is 1. The first-order chi connectivity index (χ1) is 9.88. The topological polar surface area (TPSA) is 57.6 Å². The molecule has 4 nitrogen and oxygen atoms in total. The molecule has 1 aliphatic rings. The van der Waals surface area contributed by atoms with Crippen LogP contribution < -0.4 is 0 Å². The molecule has 1 N–H and O–H groups in total. The summed E-state index contributed by atoms with van der Waals surface area (Å²) in [5.41, 5.74) is 0.290. The van der Waals surface area contributed by atoms with Gasteiger partial charge in [0.2, 0.25) is 5.91 Å². The lowest BCUT2D eigenvalue weighted by atomic mass is 9.96. The van der Waals surface area contributed by atoms with E-state index >= 15 is 0 Å². The summed E-state index contributed by atoms with van der Waals surface area (Å²) in [5.74, 6) is -3.33. The van der Waals surface area contributed by atoms with Crippen molar-refractivity contribution in [2.75, 3.05) is 13.1 Å². The molecule has 1 aromatic rings. The number of halogens is 2. The highest BCUT2D eigenvalue weighted by atomic mass is 19.1. The number of aliphatic carboxylic acids is 1. The summed E-state index contributed by atoms with van der Waals surface area (Å²) in [7, 11) is 0. The van der Waals surface area contributed by atoms with Crippen molar-refractivity contribution in [1.82, 2.24) is 4.90 Å². The van der Waals surface area contributed by atoms with Crippen LogP contribution in [0.1, 0.15) is 31.2 Å². The molecule has 0 bridgehead atoms. The van der Waals surface area contributed by atoms with Crippen LogP contribution in [-0.4, -0.2) is 35.0 Å². The lowest BCUT2D eigenvalue weighted by Gasteiger charge is -2.19. The van der Waals surface area contributed by atoms with Gasteiger partial charge >= 0.3 is 5.97 Å². The van der Waals surface area contributed by atoms with Gasteiger partial charge in [0.25, 0.3) is 0 Å². The number of hydrogen-bond donors (Lipinski definition) is 1. The second kappa shape index (κ2) is 6.20. The summed E-state index contributed by atoms with van der Waals surface area (Å²) in [6, 6.07) is 3.30. The Balaban J connectivity index is 1.98. The second-order valence-electron chi connectivity index (χ2n) is 5.43. The zero-order valence-electron chi connectivity index (χ0n) is 11.7. The van der Waals surface area contributed by atoms with Gasteiger partial charge < -0.3 is 10.0 Å². The molecular formula is C15H17F2NO3. The summed E-state index contributed by atoms with van der Waals surface area (Å²) < 4.78 is 26.5. The zero-order valence-corrected chi connectivity index (χ0v) is 11.7. The minimum absolute atomic E-state index is 0.0783. The number of nitrogens with zero attached hydrogens (tertiary/aromatic N) is 1. The van der Waals surface area contributed by atoms with E-state index in [1.54, 1.807) is 6.92 Å². The Labute approximate surface area is 121 Å². The molecule has 21 heavy (non-hydrogen) atoms. The van der Waals surface area contributed by atoms with Gasteiger partial charge in [0.05, 0.1) is 5.92 Å². The Morgan fingerprint density at radius 1 is 1.43 bits per heavy atom. The number of benzene rings is 1. The summed E-state index contributed by atoms with van der Waals surface area (Å²) in [6.45, 7) is 2.31. The van der Waals surface area contributed by atoms with Crippen LogP contribution in [-0.2, 0) is 9.59 Å². The summed E-state index contributed by atoms with van der Waals surface area (Å²) in [5, 5.41) is 8.91. The van der Waals surface area contributed by atoms with Gasteiger partial charge in [-0.2, -0.15) is 0 Å². The van der Waals surface area contributed by atoms with Crippen molar-refractivity contribution in [2.24, 2.45) is 5.92 Å². The van der Waals surface area contributed by atoms with Gasteiger partial charge in [0, 0.05) is 25.6 Å². The van der Waals surface area contributed by atoms with E-state index in [9.17, 15) is 18.4 Å². The zero-order chi connectivity index (χ0) is 15.6. The lowest BCUT2D eigenvalue weighted by molar-refractivity contribution is -0.141. The van der Waals surface area contributed by atoms with E-state index in [2.05, 4.69) is 0 Å². The van der Waals surface area contributed by atoms with Crippen LogP contribution >= 0.6 is 0 Å². The van der Waals surface area contributed by atoms with Gasteiger partial charge in [-0.3, -0.25) is 9.59 Å². The molecule has 0 radical (unpaired) electrons. The highest BCUT2D eigenvalue weighted by molar-refractivity contribution is 5.79. The highest BCUT2D eigenvalue weighted by Crippen LogP contribution is 2.25. The van der Waals surface area contributed by atoms with Crippen molar-refractivity contribution in [2.45, 2.75) is 25.7 Å². The summed E-state index contributed by atoms with van der Waals surface area (Å²) >= 11 is 0. The maximum atomic E-state index is 13.7. The molecule has 2 unspecified atom stereocenters. The third-order valence-electron chi connectivity index (χ3n) is 3.86. The molecule has 1 amide bonds. The number of likely N-dealkylation sites (tertiary alicyclic amines) is 1. The average Bonchev–Trinajstić information content (AvgIpc) is 2.88. The Bertz CT molecular complexity index is 562. The Kier molecular flexibility index (Phi) is 4.55. The lowest BCUT2D eigenvalue weighted by Crippen LogP contribution is -2.30. The SMILES string of the molecule is CC(CC(=O)N1CCC(C(=O)O)C1)c1ccc(F)cc1F. The number of carbonyl (C=O) groups is 2. The Morgan fingerprint density at radius 3 is 2.71 bits per heavy atom. The molecule has 1 aliphatic heterocycles. The monoisotopic (exact) mass is 297 g/mol. The normalized spacial score (nSPS) is 19.6. The fourth-order valence-corrected chi connectivity index (χ4v) is 2.59. The molecule has 1 aromatic carbocycles. The molecule has 0 aliphatic carbocycles. The molecule has 0 saturated carbocycles. The molecule has 1 saturated heterocycles. The van der Waals surface area contributed by atoms with Crippen molar-refractivity contribution in [3.63, 3.8) is 0 Å². The number of hydrogen-bond acceptors (Lipinski definition) is 2. The van der Waals surface area contributed by atoms with E-state index in [0.717, 1.165) is 12.1 Å². The largest absolute Gasteiger partial charge is 0.481 e. The first kappa shape index (κ1) is 15.4. The van der Waals surface area contributed by atoms with Crippen molar-refractivity contribution < 1.29 is 23.5 Å². The van der Waals surface area contributed by atoms with Gasteiger partial charge in [0.15, 0.2) is 0 Å². The maximum absolute atomic E-state index is 13.7. The quantitative estimate of drug-likeness (QED) is 0.928. The molecule has 1 heterocycles. The number of carboxylic acids is 1. The van der Waals surface area contributed by atoms with Crippen LogP contribution in [0.4, 0.5) is 8.78 Å². The van der Waals surface area contributed by atoms with Gasteiger partial charge in [-0.05, 0) is 24.0 Å². The highest BCUT2D eigenvalue weighted by Gasteiger charge is 2.31. The summed E-state index contributed by atoms with van der Waals surface area (Å²) in [4.78, 5) is 24.5. The predicted octanol–water partition coefficient (Wildman–Crippen LogP) is 2.39. The van der Waals surface area contributed by atoms with Crippen LogP contribution in [0.5, 0.6) is 0 Å². The average molecular weight is 297 g/mol. The standard InChI is InChI=1S/C15H17F2NO3/c1-9(12-3-2-11(16)7-13(12)17)6-14(19)18-5-4-10(8-18)15(20)21/h2-3,7,9-10H,4-6,8H2,1H3,(H,20,21). The minimum atomic E-state index is -0.900. The van der Waals surface area contributed by atoms with Gasteiger partial charge in [0.1, 0.15) is 11.6 Å². The second-order valence-corrected chi connectivity index (χ2v) is 5.43. The van der Waals surface area contributed by atoms with Crippen LogP contribution in [0.15, 0.2) is 18.2 Å². The molecule has 114 valence electrons. The molecule has 1 fully saturated rings. The fourth-order valence-electron chi connectivity index (χ4n) is 2.59. The van der Waals surface area contributed by atoms with Crippen LogP contribution in [0.25, 0.3) is 0 Å². The predicted molar refractivity (Wildman–Crippen MR) is 71.7 cm³/mol. The third-order valence-corrected chi connectivity index (χ3v) is 3.86. The molecular weight excluding hydrogens is 280 g/mol. The smallest absolute Gasteiger partial charge is 0.308 e.